The van der Waals surface area contributed by atoms with Crippen LogP contribution in [0.1, 0.15) is 25.7 Å². The Balaban J connectivity index is 0.00000220. The summed E-state index contributed by atoms with van der Waals surface area (Å²) in [5.41, 5.74) is 5.70. The maximum absolute atomic E-state index is 13.5. The van der Waals surface area contributed by atoms with E-state index in [-0.39, 0.29) is 24.5 Å². The Morgan fingerprint density at radius 1 is 1.05 bits per heavy atom. The van der Waals surface area contributed by atoms with Gasteiger partial charge in [0, 0.05) is 12.1 Å². The van der Waals surface area contributed by atoms with Gasteiger partial charge in [0.05, 0.1) is 0 Å². The van der Waals surface area contributed by atoms with Crippen molar-refractivity contribution in [2.75, 3.05) is 0 Å². The zero-order valence-corrected chi connectivity index (χ0v) is 12.6. The SMILES string of the molecule is Cl.NC1CCC(NS(=O)(=O)c2ccc(F)c(F)c2F)CC1. The van der Waals surface area contributed by atoms with Gasteiger partial charge < -0.3 is 5.73 Å². The maximum atomic E-state index is 13.5. The molecule has 1 aliphatic carbocycles. The van der Waals surface area contributed by atoms with Crippen molar-refractivity contribution in [3.05, 3.63) is 29.6 Å². The fourth-order valence-corrected chi connectivity index (χ4v) is 3.61. The number of hydrogen-bond acceptors (Lipinski definition) is 3. The minimum absolute atomic E-state index is 0. The first-order valence-electron chi connectivity index (χ1n) is 6.22. The van der Waals surface area contributed by atoms with Crippen LogP contribution in [0.5, 0.6) is 0 Å². The predicted octanol–water partition coefficient (Wildman–Crippen LogP) is 2.07. The van der Waals surface area contributed by atoms with E-state index in [1.54, 1.807) is 0 Å². The van der Waals surface area contributed by atoms with Crippen LogP contribution in [0.15, 0.2) is 17.0 Å². The van der Waals surface area contributed by atoms with Crippen LogP contribution in [0, 0.1) is 17.5 Å². The lowest BCUT2D eigenvalue weighted by atomic mass is 9.93. The van der Waals surface area contributed by atoms with Gasteiger partial charge in [-0.1, -0.05) is 0 Å². The van der Waals surface area contributed by atoms with Gasteiger partial charge in [-0.2, -0.15) is 0 Å². The van der Waals surface area contributed by atoms with E-state index in [0.717, 1.165) is 0 Å². The first kappa shape index (κ1) is 18.2. The third-order valence-corrected chi connectivity index (χ3v) is 4.92. The Kier molecular flexibility index (Phi) is 6.03. The standard InChI is InChI=1S/C12H15F3N2O2S.ClH/c13-9-5-6-10(12(15)11(9)14)20(18,19)17-8-3-1-7(16)2-4-8;/h5-8,17H,1-4,16H2;1H. The van der Waals surface area contributed by atoms with Crippen LogP contribution >= 0.6 is 12.4 Å². The van der Waals surface area contributed by atoms with Crippen LogP contribution in [-0.2, 0) is 10.0 Å². The van der Waals surface area contributed by atoms with Crippen LogP contribution in [0.3, 0.4) is 0 Å². The smallest absolute Gasteiger partial charge is 0.243 e. The van der Waals surface area contributed by atoms with Crippen molar-refractivity contribution in [3.63, 3.8) is 0 Å². The molecule has 0 amide bonds. The van der Waals surface area contributed by atoms with Gasteiger partial charge in [-0.05, 0) is 37.8 Å². The molecule has 0 bridgehead atoms. The summed E-state index contributed by atoms with van der Waals surface area (Å²) >= 11 is 0. The van der Waals surface area contributed by atoms with Crippen molar-refractivity contribution in [1.29, 1.82) is 0 Å². The number of rotatable bonds is 3. The summed E-state index contributed by atoms with van der Waals surface area (Å²) in [7, 11) is -4.22. The zero-order valence-electron chi connectivity index (χ0n) is 11.0. The molecule has 1 aromatic rings. The number of sulfonamides is 1. The number of nitrogens with two attached hydrogens (primary N) is 1. The lowest BCUT2D eigenvalue weighted by Crippen LogP contribution is -2.40. The van der Waals surface area contributed by atoms with Crippen LogP contribution in [0.2, 0.25) is 0 Å². The van der Waals surface area contributed by atoms with Crippen molar-refractivity contribution in [1.82, 2.24) is 4.72 Å². The Labute approximate surface area is 127 Å². The first-order valence-corrected chi connectivity index (χ1v) is 7.71. The molecule has 1 saturated carbocycles. The monoisotopic (exact) mass is 344 g/mol. The number of nitrogens with one attached hydrogen (secondary N) is 1. The topological polar surface area (TPSA) is 72.2 Å². The summed E-state index contributed by atoms with van der Waals surface area (Å²) in [6, 6.07) is 0.970. The molecule has 0 aromatic heterocycles. The molecule has 4 nitrogen and oxygen atoms in total. The predicted molar refractivity (Wildman–Crippen MR) is 74.1 cm³/mol. The van der Waals surface area contributed by atoms with Crippen molar-refractivity contribution >= 4 is 22.4 Å². The van der Waals surface area contributed by atoms with Crippen LogP contribution < -0.4 is 10.5 Å². The van der Waals surface area contributed by atoms with Gasteiger partial charge in [0.1, 0.15) is 4.90 Å². The molecule has 0 atom stereocenters. The zero-order chi connectivity index (χ0) is 14.9. The maximum Gasteiger partial charge on any atom is 0.243 e. The van der Waals surface area contributed by atoms with Crippen molar-refractivity contribution in [2.24, 2.45) is 5.73 Å². The Hall–Kier alpha value is -0.830. The molecule has 3 N–H and O–H groups in total. The van der Waals surface area contributed by atoms with E-state index in [1.807, 2.05) is 0 Å². The third-order valence-electron chi connectivity index (χ3n) is 3.38. The van der Waals surface area contributed by atoms with Gasteiger partial charge in [0.2, 0.25) is 10.0 Å². The number of halogens is 4. The van der Waals surface area contributed by atoms with Gasteiger partial charge in [-0.15, -0.1) is 12.4 Å². The van der Waals surface area contributed by atoms with Gasteiger partial charge >= 0.3 is 0 Å². The Morgan fingerprint density at radius 3 is 2.19 bits per heavy atom. The average Bonchev–Trinajstić information content (AvgIpc) is 2.38. The van der Waals surface area contributed by atoms with Crippen molar-refractivity contribution in [2.45, 2.75) is 42.7 Å². The molecule has 0 saturated heterocycles. The molecule has 0 heterocycles. The molecule has 120 valence electrons. The summed E-state index contributed by atoms with van der Waals surface area (Å²) in [5, 5.41) is 0. The van der Waals surface area contributed by atoms with Crippen molar-refractivity contribution < 1.29 is 21.6 Å². The first-order chi connectivity index (χ1) is 9.31. The molecule has 9 heteroatoms. The fourth-order valence-electron chi connectivity index (χ4n) is 2.24. The number of benzene rings is 1. The van der Waals surface area contributed by atoms with Gasteiger partial charge in [-0.3, -0.25) is 0 Å². The Morgan fingerprint density at radius 2 is 1.62 bits per heavy atom. The van der Waals surface area contributed by atoms with E-state index in [4.69, 9.17) is 5.73 Å². The average molecular weight is 345 g/mol. The molecular weight excluding hydrogens is 329 g/mol. The molecule has 21 heavy (non-hydrogen) atoms. The molecular formula is C12H16ClF3N2O2S. The summed E-state index contributed by atoms with van der Waals surface area (Å²) < 4.78 is 65.7. The molecule has 0 radical (unpaired) electrons. The highest BCUT2D eigenvalue weighted by Crippen LogP contribution is 2.22. The fraction of sp³-hybridized carbons (Fsp3) is 0.500. The van der Waals surface area contributed by atoms with Crippen molar-refractivity contribution in [3.8, 4) is 0 Å². The minimum atomic E-state index is -4.22. The molecule has 1 aliphatic rings. The Bertz CT molecular complexity index is 605. The van der Waals surface area contributed by atoms with E-state index in [2.05, 4.69) is 4.72 Å². The largest absolute Gasteiger partial charge is 0.328 e. The second kappa shape index (κ2) is 6.95. The van der Waals surface area contributed by atoms with E-state index >= 15 is 0 Å². The van der Waals surface area contributed by atoms with E-state index in [9.17, 15) is 21.6 Å². The minimum Gasteiger partial charge on any atom is -0.328 e. The lowest BCUT2D eigenvalue weighted by molar-refractivity contribution is 0.372. The number of hydrogen-bond donors (Lipinski definition) is 2. The van der Waals surface area contributed by atoms with Crippen LogP contribution in [0.4, 0.5) is 13.2 Å². The van der Waals surface area contributed by atoms with Crippen LogP contribution in [0.25, 0.3) is 0 Å². The third kappa shape index (κ3) is 4.09. The molecule has 0 spiro atoms. The van der Waals surface area contributed by atoms with E-state index in [1.165, 1.54) is 0 Å². The summed E-state index contributed by atoms with van der Waals surface area (Å²) in [6.07, 6.45) is 2.39. The summed E-state index contributed by atoms with van der Waals surface area (Å²) in [6.45, 7) is 0. The molecule has 0 aliphatic heterocycles. The second-order valence-corrected chi connectivity index (χ2v) is 6.59. The molecule has 0 unspecified atom stereocenters. The van der Waals surface area contributed by atoms with Crippen LogP contribution in [-0.4, -0.2) is 20.5 Å². The second-order valence-electron chi connectivity index (χ2n) is 4.91. The van der Waals surface area contributed by atoms with Gasteiger partial charge in [0.15, 0.2) is 17.5 Å². The highest BCUT2D eigenvalue weighted by molar-refractivity contribution is 7.89. The van der Waals surface area contributed by atoms with Gasteiger partial charge in [-0.25, -0.2) is 26.3 Å². The van der Waals surface area contributed by atoms with E-state index in [0.29, 0.717) is 37.8 Å². The normalized spacial score (nSPS) is 22.7. The highest BCUT2D eigenvalue weighted by Gasteiger charge is 2.28. The summed E-state index contributed by atoms with van der Waals surface area (Å²) in [5.74, 6) is -4.92. The lowest BCUT2D eigenvalue weighted by Gasteiger charge is -2.26. The highest BCUT2D eigenvalue weighted by atomic mass is 35.5. The molecule has 2 rings (SSSR count). The van der Waals surface area contributed by atoms with E-state index < -0.39 is 32.4 Å². The molecule has 1 aromatic carbocycles. The molecule has 1 fully saturated rings. The van der Waals surface area contributed by atoms with Gasteiger partial charge in [0.25, 0.3) is 0 Å². The quantitative estimate of drug-likeness (QED) is 0.825. The summed E-state index contributed by atoms with van der Waals surface area (Å²) in [4.78, 5) is -0.883.